The predicted molar refractivity (Wildman–Crippen MR) is 69.2 cm³/mol. The minimum Gasteiger partial charge on any atom is -0.505 e. The second kappa shape index (κ2) is 4.42. The standard InChI is InChI=1S/C10H6ClIN2O2/c11-6-1-3-7(4-2-6)14-10(16)9(12)8(15)5-13-14/h1-5,15H. The molecule has 2 aromatic rings. The zero-order chi connectivity index (χ0) is 11.7. The number of hydrogen-bond acceptors (Lipinski definition) is 3. The number of hydrogen-bond donors (Lipinski definition) is 1. The highest BCUT2D eigenvalue weighted by molar-refractivity contribution is 14.1. The van der Waals surface area contributed by atoms with Crippen LogP contribution in [0.2, 0.25) is 5.02 Å². The predicted octanol–water partition coefficient (Wildman–Crippen LogP) is 2.20. The molecule has 6 heteroatoms. The average Bonchev–Trinajstić information content (AvgIpc) is 2.28. The Kier molecular flexibility index (Phi) is 3.15. The molecular formula is C10H6ClIN2O2. The van der Waals surface area contributed by atoms with Gasteiger partial charge in [0.05, 0.1) is 11.9 Å². The van der Waals surface area contributed by atoms with Gasteiger partial charge >= 0.3 is 0 Å². The third kappa shape index (κ3) is 2.05. The molecule has 1 N–H and O–H groups in total. The van der Waals surface area contributed by atoms with Crippen LogP contribution >= 0.6 is 34.2 Å². The molecule has 1 heterocycles. The van der Waals surface area contributed by atoms with Crippen molar-refractivity contribution < 1.29 is 5.11 Å². The highest BCUT2D eigenvalue weighted by Gasteiger charge is 2.08. The largest absolute Gasteiger partial charge is 0.505 e. The van der Waals surface area contributed by atoms with Crippen LogP contribution in [0.5, 0.6) is 5.75 Å². The van der Waals surface area contributed by atoms with Crippen LogP contribution in [0.4, 0.5) is 0 Å². The summed E-state index contributed by atoms with van der Waals surface area (Å²) in [5.41, 5.74) is 0.246. The van der Waals surface area contributed by atoms with Crippen LogP contribution in [0, 0.1) is 3.57 Å². The van der Waals surface area contributed by atoms with Crippen molar-refractivity contribution in [2.75, 3.05) is 0 Å². The molecule has 0 aliphatic carbocycles. The summed E-state index contributed by atoms with van der Waals surface area (Å²) in [5, 5.41) is 13.7. The van der Waals surface area contributed by atoms with Crippen LogP contribution in [0.3, 0.4) is 0 Å². The maximum atomic E-state index is 11.8. The zero-order valence-electron chi connectivity index (χ0n) is 7.89. The molecule has 0 aliphatic rings. The van der Waals surface area contributed by atoms with Crippen molar-refractivity contribution in [1.82, 2.24) is 9.78 Å². The van der Waals surface area contributed by atoms with Gasteiger partial charge in [-0.15, -0.1) is 0 Å². The Morgan fingerprint density at radius 1 is 1.31 bits per heavy atom. The first-order chi connectivity index (χ1) is 7.59. The Morgan fingerprint density at radius 2 is 1.94 bits per heavy atom. The van der Waals surface area contributed by atoms with Gasteiger partial charge < -0.3 is 5.11 Å². The first kappa shape index (κ1) is 11.4. The molecule has 0 spiro atoms. The lowest BCUT2D eigenvalue weighted by Gasteiger charge is -2.05. The fourth-order valence-corrected chi connectivity index (χ4v) is 1.68. The van der Waals surface area contributed by atoms with E-state index in [1.54, 1.807) is 46.9 Å². The van der Waals surface area contributed by atoms with Gasteiger partial charge in [0, 0.05) is 5.02 Å². The quantitative estimate of drug-likeness (QED) is 0.804. The number of aromatic hydroxyl groups is 1. The van der Waals surface area contributed by atoms with E-state index in [0.717, 1.165) is 0 Å². The number of rotatable bonds is 1. The first-order valence-corrected chi connectivity index (χ1v) is 5.78. The summed E-state index contributed by atoms with van der Waals surface area (Å²) >= 11 is 7.52. The van der Waals surface area contributed by atoms with E-state index in [2.05, 4.69) is 5.10 Å². The van der Waals surface area contributed by atoms with E-state index in [9.17, 15) is 9.90 Å². The molecule has 0 aliphatic heterocycles. The monoisotopic (exact) mass is 348 g/mol. The van der Waals surface area contributed by atoms with Crippen LogP contribution < -0.4 is 5.56 Å². The van der Waals surface area contributed by atoms with Crippen LogP contribution in [0.15, 0.2) is 35.3 Å². The summed E-state index contributed by atoms with van der Waals surface area (Å²) in [6.45, 7) is 0. The normalized spacial score (nSPS) is 10.4. The molecule has 0 bridgehead atoms. The van der Waals surface area contributed by atoms with Crippen LogP contribution in [0.1, 0.15) is 0 Å². The van der Waals surface area contributed by atoms with E-state index in [1.807, 2.05) is 0 Å². The van der Waals surface area contributed by atoms with E-state index in [4.69, 9.17) is 11.6 Å². The minimum atomic E-state index is -0.358. The van der Waals surface area contributed by atoms with Gasteiger partial charge in [-0.25, -0.2) is 0 Å². The summed E-state index contributed by atoms with van der Waals surface area (Å²) in [6.07, 6.45) is 1.23. The van der Waals surface area contributed by atoms with Crippen molar-refractivity contribution in [1.29, 1.82) is 0 Å². The van der Waals surface area contributed by atoms with Crippen LogP contribution in [-0.4, -0.2) is 14.9 Å². The topological polar surface area (TPSA) is 55.1 Å². The van der Waals surface area contributed by atoms with Gasteiger partial charge in [0.15, 0.2) is 5.75 Å². The molecule has 0 saturated carbocycles. The fraction of sp³-hybridized carbons (Fsp3) is 0. The van der Waals surface area contributed by atoms with Gasteiger partial charge in [0.1, 0.15) is 3.57 Å². The van der Waals surface area contributed by atoms with Gasteiger partial charge in [0.25, 0.3) is 5.56 Å². The maximum absolute atomic E-state index is 11.8. The second-order valence-corrected chi connectivity index (χ2v) is 4.55. The summed E-state index contributed by atoms with van der Waals surface area (Å²) in [6, 6.07) is 6.71. The van der Waals surface area contributed by atoms with Gasteiger partial charge in [-0.05, 0) is 46.9 Å². The zero-order valence-corrected chi connectivity index (χ0v) is 10.8. The molecule has 82 valence electrons. The van der Waals surface area contributed by atoms with Gasteiger partial charge in [-0.3, -0.25) is 4.79 Å². The third-order valence-electron chi connectivity index (χ3n) is 1.97. The maximum Gasteiger partial charge on any atom is 0.288 e. The van der Waals surface area contributed by atoms with E-state index in [0.29, 0.717) is 10.7 Å². The molecule has 1 aromatic heterocycles. The van der Waals surface area contributed by atoms with Crippen LogP contribution in [0.25, 0.3) is 5.69 Å². The molecule has 0 saturated heterocycles. The number of nitrogens with zero attached hydrogens (tertiary/aromatic N) is 2. The molecule has 0 radical (unpaired) electrons. The Hall–Kier alpha value is -1.08. The molecule has 4 nitrogen and oxygen atoms in total. The SMILES string of the molecule is O=c1c(I)c(O)cnn1-c1ccc(Cl)cc1. The van der Waals surface area contributed by atoms with E-state index in [1.165, 1.54) is 10.9 Å². The van der Waals surface area contributed by atoms with Crippen molar-refractivity contribution in [2.45, 2.75) is 0 Å². The Morgan fingerprint density at radius 3 is 2.56 bits per heavy atom. The third-order valence-corrected chi connectivity index (χ3v) is 3.24. The molecule has 0 amide bonds. The Labute approximate surface area is 110 Å². The fourth-order valence-electron chi connectivity index (χ4n) is 1.19. The molecule has 0 atom stereocenters. The smallest absolute Gasteiger partial charge is 0.288 e. The highest BCUT2D eigenvalue weighted by Crippen LogP contribution is 2.15. The van der Waals surface area contributed by atoms with Gasteiger partial charge in [0.2, 0.25) is 0 Å². The van der Waals surface area contributed by atoms with E-state index >= 15 is 0 Å². The van der Waals surface area contributed by atoms with E-state index in [-0.39, 0.29) is 14.9 Å². The molecule has 2 rings (SSSR count). The highest BCUT2D eigenvalue weighted by atomic mass is 127. The molecule has 16 heavy (non-hydrogen) atoms. The van der Waals surface area contributed by atoms with Crippen molar-refractivity contribution in [2.24, 2.45) is 0 Å². The number of benzene rings is 1. The number of halogens is 2. The average molecular weight is 349 g/mol. The lowest BCUT2D eigenvalue weighted by Crippen LogP contribution is -2.22. The first-order valence-electron chi connectivity index (χ1n) is 4.32. The summed E-state index contributed by atoms with van der Waals surface area (Å²) in [5.74, 6) is -0.115. The summed E-state index contributed by atoms with van der Waals surface area (Å²) < 4.78 is 1.44. The molecule has 1 aromatic carbocycles. The lowest BCUT2D eigenvalue weighted by molar-refractivity contribution is 0.462. The van der Waals surface area contributed by atoms with E-state index < -0.39 is 0 Å². The molecule has 0 unspecified atom stereocenters. The van der Waals surface area contributed by atoms with Crippen LogP contribution in [-0.2, 0) is 0 Å². The second-order valence-electron chi connectivity index (χ2n) is 3.04. The van der Waals surface area contributed by atoms with Crippen molar-refractivity contribution in [3.8, 4) is 11.4 Å². The number of aromatic nitrogens is 2. The van der Waals surface area contributed by atoms with Gasteiger partial charge in [-0.1, -0.05) is 11.6 Å². The van der Waals surface area contributed by atoms with Gasteiger partial charge in [-0.2, -0.15) is 9.78 Å². The lowest BCUT2D eigenvalue weighted by atomic mass is 10.3. The molecular weight excluding hydrogens is 342 g/mol. The summed E-state index contributed by atoms with van der Waals surface area (Å²) in [4.78, 5) is 11.8. The summed E-state index contributed by atoms with van der Waals surface area (Å²) in [7, 11) is 0. The minimum absolute atomic E-state index is 0.115. The van der Waals surface area contributed by atoms with Crippen molar-refractivity contribution >= 4 is 34.2 Å². The van der Waals surface area contributed by atoms with Crippen molar-refractivity contribution in [3.63, 3.8) is 0 Å². The van der Waals surface area contributed by atoms with Crippen molar-refractivity contribution in [3.05, 3.63) is 49.4 Å². The Bertz CT molecular complexity index is 580. The Balaban J connectivity index is 2.61. The molecule has 0 fully saturated rings.